The van der Waals surface area contributed by atoms with Crippen LogP contribution in [0.25, 0.3) is 0 Å². The van der Waals surface area contributed by atoms with Gasteiger partial charge in [-0.2, -0.15) is 0 Å². The fourth-order valence-corrected chi connectivity index (χ4v) is 5.12. The number of rotatable bonds is 1. The monoisotopic (exact) mass is 377 g/mol. The predicted octanol–water partition coefficient (Wildman–Crippen LogP) is 4.37. The van der Waals surface area contributed by atoms with Crippen LogP contribution in [0, 0.1) is 13.8 Å². The number of nitrogens with zero attached hydrogens (tertiary/aromatic N) is 3. The van der Waals surface area contributed by atoms with Gasteiger partial charge in [0, 0.05) is 35.7 Å². The standard InChI is InChI=1S/C21H19N3O2S/c1-13-9-17-20(22-11-13)24(21-18(27(17)25)10-14(2)12-23-21)16-7-3-5-15-6-4-8-26-19(15)16/h3,5,7,9-12H,4,6,8H2,1-2H3. The van der Waals surface area contributed by atoms with E-state index in [0.29, 0.717) is 28.0 Å². The van der Waals surface area contributed by atoms with Gasteiger partial charge in [0.25, 0.3) is 0 Å². The molecular formula is C21H19N3O2S. The number of para-hydroxylation sites is 1. The molecule has 0 bridgehead atoms. The highest BCUT2D eigenvalue weighted by atomic mass is 32.2. The first-order chi connectivity index (χ1) is 13.1. The van der Waals surface area contributed by atoms with Crippen molar-refractivity contribution in [3.8, 4) is 5.75 Å². The number of hydrogen-bond donors (Lipinski definition) is 0. The molecule has 2 aliphatic heterocycles. The normalized spacial score (nSPS) is 15.6. The number of anilines is 3. The number of ether oxygens (including phenoxy) is 1. The molecule has 0 N–H and O–H groups in total. The molecule has 0 radical (unpaired) electrons. The van der Waals surface area contributed by atoms with Gasteiger partial charge in [-0.25, -0.2) is 9.97 Å². The summed E-state index contributed by atoms with van der Waals surface area (Å²) in [7, 11) is 0. The molecule has 1 aromatic carbocycles. The summed E-state index contributed by atoms with van der Waals surface area (Å²) in [6.45, 7) is 4.63. The molecule has 6 heteroatoms. The molecule has 136 valence electrons. The number of aryl methyl sites for hydroxylation is 3. The van der Waals surface area contributed by atoms with E-state index in [1.807, 2.05) is 43.0 Å². The van der Waals surface area contributed by atoms with Gasteiger partial charge in [-0.1, -0.05) is 12.1 Å². The molecule has 0 unspecified atom stereocenters. The fraction of sp³-hybridized carbons (Fsp3) is 0.238. The van der Waals surface area contributed by atoms with E-state index in [4.69, 9.17) is 4.74 Å². The number of hydrogen-bond acceptors (Lipinski definition) is 5. The summed E-state index contributed by atoms with van der Waals surface area (Å²) in [5.41, 5.74) is 4.06. The second kappa shape index (κ2) is 6.25. The molecule has 0 spiro atoms. The van der Waals surface area contributed by atoms with Gasteiger partial charge in [-0.3, -0.25) is 4.90 Å². The Hall–Kier alpha value is -2.57. The minimum atomic E-state index is -1.31. The summed E-state index contributed by atoms with van der Waals surface area (Å²) in [5.74, 6) is 2.19. The largest absolute Gasteiger partial charge is 0.606 e. The molecule has 0 fully saturated rings. The summed E-state index contributed by atoms with van der Waals surface area (Å²) >= 11 is -1.31. The number of pyridine rings is 2. The van der Waals surface area contributed by atoms with E-state index >= 15 is 0 Å². The average Bonchev–Trinajstić information content (AvgIpc) is 2.69. The van der Waals surface area contributed by atoms with Crippen LogP contribution < -0.4 is 9.64 Å². The van der Waals surface area contributed by atoms with E-state index in [1.54, 1.807) is 12.4 Å². The number of fused-ring (bicyclic) bond motifs is 3. The van der Waals surface area contributed by atoms with E-state index in [-0.39, 0.29) is 0 Å². The predicted molar refractivity (Wildman–Crippen MR) is 105 cm³/mol. The van der Waals surface area contributed by atoms with Crippen LogP contribution >= 0.6 is 0 Å². The summed E-state index contributed by atoms with van der Waals surface area (Å²) in [4.78, 5) is 12.7. The molecule has 0 atom stereocenters. The minimum absolute atomic E-state index is 0.658. The van der Waals surface area contributed by atoms with Gasteiger partial charge in [-0.05, 0) is 49.4 Å². The zero-order valence-electron chi connectivity index (χ0n) is 15.2. The fourth-order valence-electron chi connectivity index (χ4n) is 3.67. The molecule has 2 aliphatic rings. The van der Waals surface area contributed by atoms with Crippen molar-refractivity contribution in [2.45, 2.75) is 36.5 Å². The van der Waals surface area contributed by atoms with Crippen molar-refractivity contribution in [1.82, 2.24) is 9.97 Å². The maximum Gasteiger partial charge on any atom is 0.202 e. The Morgan fingerprint density at radius 1 is 1.04 bits per heavy atom. The van der Waals surface area contributed by atoms with Crippen molar-refractivity contribution in [1.29, 1.82) is 0 Å². The van der Waals surface area contributed by atoms with Gasteiger partial charge in [0.2, 0.25) is 9.79 Å². The Labute approximate surface area is 161 Å². The highest BCUT2D eigenvalue weighted by Crippen LogP contribution is 2.49. The van der Waals surface area contributed by atoms with Crippen LogP contribution in [-0.2, 0) is 17.6 Å². The van der Waals surface area contributed by atoms with E-state index in [2.05, 4.69) is 16.0 Å². The molecule has 2 aromatic heterocycles. The summed E-state index contributed by atoms with van der Waals surface area (Å²) in [6.07, 6.45) is 5.62. The van der Waals surface area contributed by atoms with E-state index in [0.717, 1.165) is 35.4 Å². The lowest BCUT2D eigenvalue weighted by atomic mass is 10.0. The first kappa shape index (κ1) is 16.6. The molecule has 0 amide bonds. The van der Waals surface area contributed by atoms with Crippen molar-refractivity contribution in [3.05, 3.63) is 59.4 Å². The SMILES string of the molecule is Cc1cnc2c(c1)[S+]([O-])c1cc(C)cnc1N2c1cccc2c1OCCC2. The first-order valence-electron chi connectivity index (χ1n) is 9.03. The van der Waals surface area contributed by atoms with Crippen LogP contribution in [0.15, 0.2) is 52.5 Å². The van der Waals surface area contributed by atoms with Crippen LogP contribution in [0.1, 0.15) is 23.1 Å². The van der Waals surface area contributed by atoms with Gasteiger partial charge in [-0.15, -0.1) is 0 Å². The molecule has 27 heavy (non-hydrogen) atoms. The third kappa shape index (κ3) is 2.59. The van der Waals surface area contributed by atoms with E-state index in [1.165, 1.54) is 5.56 Å². The van der Waals surface area contributed by atoms with Crippen LogP contribution in [0.4, 0.5) is 17.3 Å². The van der Waals surface area contributed by atoms with Crippen molar-refractivity contribution in [3.63, 3.8) is 0 Å². The molecule has 5 rings (SSSR count). The van der Waals surface area contributed by atoms with Gasteiger partial charge in [0.1, 0.15) is 5.75 Å². The van der Waals surface area contributed by atoms with Crippen LogP contribution in [0.2, 0.25) is 0 Å². The second-order valence-corrected chi connectivity index (χ2v) is 8.41. The lowest BCUT2D eigenvalue weighted by molar-refractivity contribution is 0.289. The third-order valence-corrected chi connectivity index (χ3v) is 6.32. The quantitative estimate of drug-likeness (QED) is 0.590. The molecule has 4 heterocycles. The Morgan fingerprint density at radius 3 is 2.37 bits per heavy atom. The Bertz CT molecular complexity index is 1000. The lowest BCUT2D eigenvalue weighted by Gasteiger charge is -2.33. The van der Waals surface area contributed by atoms with Crippen LogP contribution in [0.5, 0.6) is 5.75 Å². The molecular weight excluding hydrogens is 358 g/mol. The van der Waals surface area contributed by atoms with Crippen molar-refractivity contribution in [2.75, 3.05) is 11.5 Å². The summed E-state index contributed by atoms with van der Waals surface area (Å²) in [6, 6.07) is 10.1. The lowest BCUT2D eigenvalue weighted by Crippen LogP contribution is -2.26. The molecule has 0 saturated carbocycles. The number of benzene rings is 1. The maximum atomic E-state index is 13.3. The summed E-state index contributed by atoms with van der Waals surface area (Å²) in [5, 5.41) is 0. The third-order valence-electron chi connectivity index (χ3n) is 4.92. The average molecular weight is 377 g/mol. The minimum Gasteiger partial charge on any atom is -0.606 e. The highest BCUT2D eigenvalue weighted by molar-refractivity contribution is 7.92. The van der Waals surface area contributed by atoms with Gasteiger partial charge in [0.05, 0.1) is 12.3 Å². The van der Waals surface area contributed by atoms with Crippen LogP contribution in [-0.4, -0.2) is 21.1 Å². The van der Waals surface area contributed by atoms with E-state index < -0.39 is 11.2 Å². The van der Waals surface area contributed by atoms with Gasteiger partial charge in [0.15, 0.2) is 11.6 Å². The topological polar surface area (TPSA) is 61.3 Å². The first-order valence-corrected chi connectivity index (χ1v) is 10.2. The zero-order chi connectivity index (χ0) is 18.5. The maximum absolute atomic E-state index is 13.3. The number of aromatic nitrogens is 2. The zero-order valence-corrected chi connectivity index (χ0v) is 16.0. The highest BCUT2D eigenvalue weighted by Gasteiger charge is 2.38. The van der Waals surface area contributed by atoms with Crippen LogP contribution in [0.3, 0.4) is 0 Å². The Kier molecular flexibility index (Phi) is 3.84. The van der Waals surface area contributed by atoms with E-state index in [9.17, 15) is 4.55 Å². The second-order valence-electron chi connectivity index (χ2n) is 6.99. The van der Waals surface area contributed by atoms with Crippen molar-refractivity contribution in [2.24, 2.45) is 0 Å². The Morgan fingerprint density at radius 2 is 1.70 bits per heavy atom. The Balaban J connectivity index is 1.80. The van der Waals surface area contributed by atoms with Gasteiger partial charge < -0.3 is 9.29 Å². The van der Waals surface area contributed by atoms with Crippen molar-refractivity contribution >= 4 is 28.5 Å². The molecule has 0 saturated heterocycles. The molecule has 5 nitrogen and oxygen atoms in total. The van der Waals surface area contributed by atoms with Crippen molar-refractivity contribution < 1.29 is 9.29 Å². The molecule has 3 aromatic rings. The summed E-state index contributed by atoms with van der Waals surface area (Å²) < 4.78 is 19.3. The molecule has 0 aliphatic carbocycles. The van der Waals surface area contributed by atoms with Gasteiger partial charge >= 0.3 is 0 Å². The smallest absolute Gasteiger partial charge is 0.202 e.